The molecule has 0 aliphatic heterocycles. The van der Waals surface area contributed by atoms with Crippen LogP contribution >= 0.6 is 0 Å². The van der Waals surface area contributed by atoms with E-state index in [1.807, 2.05) is 6.07 Å². The van der Waals surface area contributed by atoms with Crippen molar-refractivity contribution in [2.75, 3.05) is 0 Å². The molecule has 0 saturated heterocycles. The lowest BCUT2D eigenvalue weighted by molar-refractivity contribution is 0.743. The number of imidazole rings is 1. The first-order chi connectivity index (χ1) is 8.09. The third-order valence-corrected chi connectivity index (χ3v) is 2.89. The van der Waals surface area contributed by atoms with Crippen LogP contribution in [-0.4, -0.2) is 9.55 Å². The maximum absolute atomic E-state index is 4.75. The highest BCUT2D eigenvalue weighted by molar-refractivity contribution is 5.34. The van der Waals surface area contributed by atoms with Gasteiger partial charge in [0.25, 0.3) is 0 Å². The summed E-state index contributed by atoms with van der Waals surface area (Å²) in [5.74, 6) is 2.04. The van der Waals surface area contributed by atoms with Gasteiger partial charge in [-0.2, -0.15) is 0 Å². The first-order valence-corrected chi connectivity index (χ1v) is 6.24. The van der Waals surface area contributed by atoms with Gasteiger partial charge in [0.2, 0.25) is 0 Å². The zero-order valence-corrected chi connectivity index (χ0v) is 11.0. The van der Waals surface area contributed by atoms with Gasteiger partial charge in [-0.15, -0.1) is 0 Å². The fourth-order valence-corrected chi connectivity index (χ4v) is 1.89. The SMILES string of the molecule is CC(C)c1cn(-c2ccccc2)c(C(C)C)n1. The molecular weight excluding hydrogens is 208 g/mol. The second-order valence-corrected chi connectivity index (χ2v) is 5.04. The molecule has 2 aromatic rings. The summed E-state index contributed by atoms with van der Waals surface area (Å²) in [5.41, 5.74) is 2.35. The molecule has 0 aliphatic rings. The highest BCUT2D eigenvalue weighted by atomic mass is 15.1. The molecule has 0 atom stereocenters. The van der Waals surface area contributed by atoms with Gasteiger partial charge < -0.3 is 4.57 Å². The predicted octanol–water partition coefficient (Wildman–Crippen LogP) is 4.12. The quantitative estimate of drug-likeness (QED) is 0.772. The van der Waals surface area contributed by atoms with Crippen LogP contribution in [0.15, 0.2) is 36.5 Å². The first-order valence-electron chi connectivity index (χ1n) is 6.24. The van der Waals surface area contributed by atoms with Crippen molar-refractivity contribution < 1.29 is 0 Å². The third-order valence-electron chi connectivity index (χ3n) is 2.89. The van der Waals surface area contributed by atoms with Crippen molar-refractivity contribution >= 4 is 0 Å². The van der Waals surface area contributed by atoms with E-state index in [1.165, 1.54) is 5.69 Å². The summed E-state index contributed by atoms with van der Waals surface area (Å²) < 4.78 is 2.21. The summed E-state index contributed by atoms with van der Waals surface area (Å²) in [6, 6.07) is 10.4. The van der Waals surface area contributed by atoms with E-state index in [9.17, 15) is 0 Å². The molecule has 1 aromatic carbocycles. The van der Waals surface area contributed by atoms with Crippen molar-refractivity contribution in [2.24, 2.45) is 0 Å². The summed E-state index contributed by atoms with van der Waals surface area (Å²) in [6.07, 6.45) is 2.16. The zero-order valence-electron chi connectivity index (χ0n) is 11.0. The summed E-state index contributed by atoms with van der Waals surface area (Å²) in [6.45, 7) is 8.74. The van der Waals surface area contributed by atoms with Crippen LogP contribution in [0, 0.1) is 0 Å². The minimum Gasteiger partial charge on any atom is -0.303 e. The first kappa shape index (κ1) is 11.9. The lowest BCUT2D eigenvalue weighted by atomic mass is 10.1. The Labute approximate surface area is 103 Å². The number of hydrogen-bond donors (Lipinski definition) is 0. The van der Waals surface area contributed by atoms with Crippen molar-refractivity contribution in [3.05, 3.63) is 48.0 Å². The minimum atomic E-state index is 0.433. The normalized spacial score (nSPS) is 11.4. The van der Waals surface area contributed by atoms with Crippen molar-refractivity contribution in [3.63, 3.8) is 0 Å². The Kier molecular flexibility index (Phi) is 3.32. The standard InChI is InChI=1S/C15H20N2/c1-11(2)14-10-17(15(16-14)12(3)4)13-8-6-5-7-9-13/h5-12H,1-4H3. The molecule has 0 radical (unpaired) electrons. The summed E-state index contributed by atoms with van der Waals surface area (Å²) in [7, 11) is 0. The molecule has 2 nitrogen and oxygen atoms in total. The second-order valence-electron chi connectivity index (χ2n) is 5.04. The Morgan fingerprint density at radius 3 is 2.12 bits per heavy atom. The van der Waals surface area contributed by atoms with E-state index in [4.69, 9.17) is 4.98 Å². The molecule has 1 heterocycles. The molecule has 1 aromatic heterocycles. The average Bonchev–Trinajstić information content (AvgIpc) is 2.75. The van der Waals surface area contributed by atoms with E-state index in [0.717, 1.165) is 11.5 Å². The molecular formula is C15H20N2. The van der Waals surface area contributed by atoms with Crippen LogP contribution in [0.1, 0.15) is 51.0 Å². The van der Waals surface area contributed by atoms with Gasteiger partial charge in [0.15, 0.2) is 0 Å². The van der Waals surface area contributed by atoms with Gasteiger partial charge in [-0.05, 0) is 18.1 Å². The Bertz CT molecular complexity index is 481. The van der Waals surface area contributed by atoms with Gasteiger partial charge in [-0.25, -0.2) is 4.98 Å². The molecule has 2 rings (SSSR count). The Morgan fingerprint density at radius 1 is 0.941 bits per heavy atom. The monoisotopic (exact) mass is 228 g/mol. The van der Waals surface area contributed by atoms with E-state index in [2.05, 4.69) is 62.7 Å². The topological polar surface area (TPSA) is 17.8 Å². The number of rotatable bonds is 3. The van der Waals surface area contributed by atoms with Crippen LogP contribution in [0.2, 0.25) is 0 Å². The van der Waals surface area contributed by atoms with Gasteiger partial charge in [0.1, 0.15) is 5.82 Å². The van der Waals surface area contributed by atoms with Gasteiger partial charge >= 0.3 is 0 Å². The highest BCUT2D eigenvalue weighted by Crippen LogP contribution is 2.22. The maximum atomic E-state index is 4.75. The van der Waals surface area contributed by atoms with E-state index in [1.54, 1.807) is 0 Å². The molecule has 0 fully saturated rings. The largest absolute Gasteiger partial charge is 0.303 e. The molecule has 17 heavy (non-hydrogen) atoms. The summed E-state index contributed by atoms with van der Waals surface area (Å²) >= 11 is 0. The van der Waals surface area contributed by atoms with E-state index >= 15 is 0 Å². The second kappa shape index (κ2) is 4.74. The van der Waals surface area contributed by atoms with Crippen molar-refractivity contribution in [2.45, 2.75) is 39.5 Å². The van der Waals surface area contributed by atoms with Crippen LogP contribution in [0.5, 0.6) is 0 Å². The van der Waals surface area contributed by atoms with E-state index < -0.39 is 0 Å². The zero-order chi connectivity index (χ0) is 12.4. The molecule has 0 unspecified atom stereocenters. The maximum Gasteiger partial charge on any atom is 0.116 e. The smallest absolute Gasteiger partial charge is 0.116 e. The van der Waals surface area contributed by atoms with Crippen molar-refractivity contribution in [3.8, 4) is 5.69 Å². The summed E-state index contributed by atoms with van der Waals surface area (Å²) in [4.78, 5) is 4.75. The number of hydrogen-bond acceptors (Lipinski definition) is 1. The van der Waals surface area contributed by atoms with E-state index in [-0.39, 0.29) is 0 Å². The molecule has 0 bridgehead atoms. The lowest BCUT2D eigenvalue weighted by Gasteiger charge is -2.09. The van der Waals surface area contributed by atoms with E-state index in [0.29, 0.717) is 11.8 Å². The Hall–Kier alpha value is -1.57. The van der Waals surface area contributed by atoms with Gasteiger partial charge in [0, 0.05) is 17.8 Å². The molecule has 0 spiro atoms. The van der Waals surface area contributed by atoms with Crippen LogP contribution in [0.3, 0.4) is 0 Å². The van der Waals surface area contributed by atoms with Gasteiger partial charge in [-0.3, -0.25) is 0 Å². The molecule has 90 valence electrons. The molecule has 0 aliphatic carbocycles. The van der Waals surface area contributed by atoms with Gasteiger partial charge in [-0.1, -0.05) is 45.9 Å². The molecule has 0 amide bonds. The molecule has 0 saturated carbocycles. The Morgan fingerprint density at radius 2 is 1.59 bits per heavy atom. The molecule has 0 N–H and O–H groups in total. The Balaban J connectivity index is 2.52. The average molecular weight is 228 g/mol. The van der Waals surface area contributed by atoms with Crippen molar-refractivity contribution in [1.29, 1.82) is 0 Å². The predicted molar refractivity (Wildman–Crippen MR) is 71.7 cm³/mol. The number of aromatic nitrogens is 2. The number of para-hydroxylation sites is 1. The van der Waals surface area contributed by atoms with Crippen LogP contribution in [0.25, 0.3) is 5.69 Å². The number of benzene rings is 1. The van der Waals surface area contributed by atoms with Gasteiger partial charge in [0.05, 0.1) is 5.69 Å². The van der Waals surface area contributed by atoms with Crippen molar-refractivity contribution in [1.82, 2.24) is 9.55 Å². The van der Waals surface area contributed by atoms with Crippen LogP contribution < -0.4 is 0 Å². The highest BCUT2D eigenvalue weighted by Gasteiger charge is 2.14. The number of nitrogens with zero attached hydrogens (tertiary/aromatic N) is 2. The van der Waals surface area contributed by atoms with Crippen LogP contribution in [0.4, 0.5) is 0 Å². The fraction of sp³-hybridized carbons (Fsp3) is 0.400. The minimum absolute atomic E-state index is 0.433. The lowest BCUT2D eigenvalue weighted by Crippen LogP contribution is -2.01. The summed E-state index contributed by atoms with van der Waals surface area (Å²) in [5, 5.41) is 0. The third kappa shape index (κ3) is 2.41. The fourth-order valence-electron chi connectivity index (χ4n) is 1.89. The van der Waals surface area contributed by atoms with Crippen LogP contribution in [-0.2, 0) is 0 Å². The molecule has 2 heteroatoms.